The molecule has 0 saturated carbocycles. The van der Waals surface area contributed by atoms with Crippen LogP contribution in [0.4, 0.5) is 19.6 Å². The summed E-state index contributed by atoms with van der Waals surface area (Å²) in [6, 6.07) is 14.4. The zero-order valence-corrected chi connectivity index (χ0v) is 24.4. The Bertz CT molecular complexity index is 1630. The lowest BCUT2D eigenvalue weighted by Crippen LogP contribution is -2.48. The van der Waals surface area contributed by atoms with Crippen LogP contribution in [0.1, 0.15) is 10.4 Å². The molecule has 1 aliphatic rings. The van der Waals surface area contributed by atoms with Gasteiger partial charge in [0.25, 0.3) is 15.9 Å². The van der Waals surface area contributed by atoms with E-state index >= 15 is 0 Å². The normalized spacial score (nSPS) is 14.0. The van der Waals surface area contributed by atoms with E-state index in [1.807, 2.05) is 0 Å². The molecule has 2 N–H and O–H groups in total. The minimum absolute atomic E-state index is 0. The maximum atomic E-state index is 14.0. The summed E-state index contributed by atoms with van der Waals surface area (Å²) >= 11 is 1.27. The third kappa shape index (κ3) is 7.22. The van der Waals surface area contributed by atoms with Gasteiger partial charge in [-0.05, 0) is 48.5 Å². The number of benzene rings is 3. The minimum atomic E-state index is -3.84. The predicted molar refractivity (Wildman–Crippen MR) is 158 cm³/mol. The SMILES string of the molecule is COc1ccc(S(=O)(=O)Nc2cccc(C(=O)NCCN3CCN(c4nc5c(F)cc(F)cc5s4)CC3)c2)cc1.Cl. The Morgan fingerprint density at radius 1 is 1.05 bits per heavy atom. The van der Waals surface area contributed by atoms with Gasteiger partial charge in [0.2, 0.25) is 0 Å². The monoisotopic (exact) mass is 623 g/mol. The van der Waals surface area contributed by atoms with Crippen LogP contribution in [-0.2, 0) is 10.0 Å². The number of fused-ring (bicyclic) bond motifs is 1. The molecule has 1 aliphatic heterocycles. The lowest BCUT2D eigenvalue weighted by molar-refractivity contribution is 0.0947. The van der Waals surface area contributed by atoms with Crippen LogP contribution in [0.15, 0.2) is 65.6 Å². The van der Waals surface area contributed by atoms with Crippen molar-refractivity contribution in [2.45, 2.75) is 4.90 Å². The van der Waals surface area contributed by atoms with Crippen molar-refractivity contribution in [1.82, 2.24) is 15.2 Å². The van der Waals surface area contributed by atoms with E-state index < -0.39 is 21.7 Å². The summed E-state index contributed by atoms with van der Waals surface area (Å²) in [6.07, 6.45) is 0. The lowest BCUT2D eigenvalue weighted by Gasteiger charge is -2.34. The number of anilines is 2. The van der Waals surface area contributed by atoms with Crippen LogP contribution in [0.2, 0.25) is 0 Å². The van der Waals surface area contributed by atoms with Crippen molar-refractivity contribution in [3.8, 4) is 5.75 Å². The molecule has 1 saturated heterocycles. The summed E-state index contributed by atoms with van der Waals surface area (Å²) < 4.78 is 61.0. The molecular formula is C27H28ClF2N5O4S2. The Hall–Kier alpha value is -3.52. The molecule has 1 fully saturated rings. The fourth-order valence-electron chi connectivity index (χ4n) is 4.37. The molecule has 2 heterocycles. The molecule has 0 atom stereocenters. The van der Waals surface area contributed by atoms with Crippen molar-refractivity contribution in [3.63, 3.8) is 0 Å². The standard InChI is InChI=1S/C27H27F2N5O4S2.ClH/c1-38-21-5-7-22(8-6-21)40(36,37)32-20-4-2-3-18(15-20)26(35)30-9-10-33-11-13-34(14-12-33)27-31-25-23(29)16-19(28)17-24(25)39-27;/h2-8,15-17,32H,9-14H2,1H3,(H,30,35);1H. The number of rotatable bonds is 9. The zero-order chi connectivity index (χ0) is 28.3. The largest absolute Gasteiger partial charge is 0.497 e. The van der Waals surface area contributed by atoms with Gasteiger partial charge in [-0.15, -0.1) is 12.4 Å². The highest BCUT2D eigenvalue weighted by Gasteiger charge is 2.21. The number of carbonyl (C=O) groups excluding carboxylic acids is 1. The molecular weight excluding hydrogens is 596 g/mol. The van der Waals surface area contributed by atoms with E-state index in [4.69, 9.17) is 4.74 Å². The number of ether oxygens (including phenoxy) is 1. The van der Waals surface area contributed by atoms with Crippen LogP contribution in [-0.4, -0.2) is 70.6 Å². The zero-order valence-electron chi connectivity index (χ0n) is 22.0. The fraction of sp³-hybridized carbons (Fsp3) is 0.259. The topological polar surface area (TPSA) is 104 Å². The molecule has 0 spiro atoms. The summed E-state index contributed by atoms with van der Waals surface area (Å²) in [4.78, 5) is 21.4. The average molecular weight is 624 g/mol. The van der Waals surface area contributed by atoms with Crippen molar-refractivity contribution in [2.75, 3.05) is 56.0 Å². The van der Waals surface area contributed by atoms with Crippen molar-refractivity contribution < 1.29 is 26.7 Å². The maximum absolute atomic E-state index is 14.0. The highest BCUT2D eigenvalue weighted by Crippen LogP contribution is 2.31. The van der Waals surface area contributed by atoms with Gasteiger partial charge in [0, 0.05) is 56.6 Å². The van der Waals surface area contributed by atoms with Gasteiger partial charge in [-0.1, -0.05) is 17.4 Å². The Morgan fingerprint density at radius 3 is 2.49 bits per heavy atom. The molecule has 218 valence electrons. The summed E-state index contributed by atoms with van der Waals surface area (Å²) in [7, 11) is -2.34. The highest BCUT2D eigenvalue weighted by molar-refractivity contribution is 7.92. The molecule has 14 heteroatoms. The van der Waals surface area contributed by atoms with E-state index in [1.54, 1.807) is 30.3 Å². The van der Waals surface area contributed by atoms with E-state index in [0.29, 0.717) is 47.3 Å². The molecule has 0 aliphatic carbocycles. The molecule has 41 heavy (non-hydrogen) atoms. The van der Waals surface area contributed by atoms with E-state index in [9.17, 15) is 22.0 Å². The summed E-state index contributed by atoms with van der Waals surface area (Å²) in [5, 5.41) is 3.54. The third-order valence-corrected chi connectivity index (χ3v) is 8.97. The molecule has 5 rings (SSSR count). The first kappa shape index (κ1) is 30.4. The number of methoxy groups -OCH3 is 1. The summed E-state index contributed by atoms with van der Waals surface area (Å²) in [5.74, 6) is -1.05. The second kappa shape index (κ2) is 13.0. The molecule has 1 aromatic heterocycles. The number of nitrogens with one attached hydrogen (secondary N) is 2. The van der Waals surface area contributed by atoms with Crippen LogP contribution >= 0.6 is 23.7 Å². The molecule has 0 unspecified atom stereocenters. The van der Waals surface area contributed by atoms with Gasteiger partial charge in [0.05, 0.1) is 16.7 Å². The fourth-order valence-corrected chi connectivity index (χ4v) is 6.47. The van der Waals surface area contributed by atoms with Crippen LogP contribution in [0.5, 0.6) is 5.75 Å². The number of hydrogen-bond donors (Lipinski definition) is 2. The number of piperazine rings is 1. The van der Waals surface area contributed by atoms with Crippen molar-refractivity contribution in [3.05, 3.63) is 77.9 Å². The maximum Gasteiger partial charge on any atom is 0.261 e. The Morgan fingerprint density at radius 2 is 1.78 bits per heavy atom. The number of amides is 1. The average Bonchev–Trinajstić information content (AvgIpc) is 3.38. The van der Waals surface area contributed by atoms with Crippen LogP contribution < -0.4 is 19.7 Å². The molecule has 9 nitrogen and oxygen atoms in total. The molecule has 0 bridgehead atoms. The summed E-state index contributed by atoms with van der Waals surface area (Å²) in [5.41, 5.74) is 0.792. The second-order valence-electron chi connectivity index (χ2n) is 9.18. The molecule has 0 radical (unpaired) electrons. The van der Waals surface area contributed by atoms with Gasteiger partial charge < -0.3 is 15.0 Å². The van der Waals surface area contributed by atoms with E-state index in [0.717, 1.165) is 19.2 Å². The first-order chi connectivity index (χ1) is 19.2. The first-order valence-corrected chi connectivity index (χ1v) is 14.8. The number of nitrogens with zero attached hydrogens (tertiary/aromatic N) is 3. The predicted octanol–water partition coefficient (Wildman–Crippen LogP) is 4.36. The van der Waals surface area contributed by atoms with Crippen molar-refractivity contribution in [1.29, 1.82) is 0 Å². The van der Waals surface area contributed by atoms with Gasteiger partial charge >= 0.3 is 0 Å². The number of carbonyl (C=O) groups is 1. The number of hydrogen-bond acceptors (Lipinski definition) is 8. The minimum Gasteiger partial charge on any atom is -0.497 e. The van der Waals surface area contributed by atoms with Gasteiger partial charge in [-0.25, -0.2) is 22.2 Å². The quantitative estimate of drug-likeness (QED) is 0.286. The highest BCUT2D eigenvalue weighted by atomic mass is 35.5. The number of sulfonamides is 1. The van der Waals surface area contributed by atoms with Crippen molar-refractivity contribution >= 4 is 60.7 Å². The van der Waals surface area contributed by atoms with Gasteiger partial charge in [-0.3, -0.25) is 14.4 Å². The number of aromatic nitrogens is 1. The Balaban J connectivity index is 0.00000387. The van der Waals surface area contributed by atoms with E-state index in [1.165, 1.54) is 42.7 Å². The second-order valence-corrected chi connectivity index (χ2v) is 11.9. The van der Waals surface area contributed by atoms with Crippen LogP contribution in [0, 0.1) is 11.6 Å². The lowest BCUT2D eigenvalue weighted by atomic mass is 10.2. The smallest absolute Gasteiger partial charge is 0.261 e. The molecule has 1 amide bonds. The van der Waals surface area contributed by atoms with E-state index in [-0.39, 0.29) is 34.4 Å². The number of halogens is 3. The summed E-state index contributed by atoms with van der Waals surface area (Å²) in [6.45, 7) is 3.84. The number of thiazole rings is 1. The molecule has 4 aromatic rings. The van der Waals surface area contributed by atoms with Crippen LogP contribution in [0.25, 0.3) is 10.2 Å². The van der Waals surface area contributed by atoms with Crippen molar-refractivity contribution in [2.24, 2.45) is 0 Å². The Labute approximate surface area is 246 Å². The van der Waals surface area contributed by atoms with Crippen LogP contribution in [0.3, 0.4) is 0 Å². The third-order valence-electron chi connectivity index (χ3n) is 6.51. The van der Waals surface area contributed by atoms with Gasteiger partial charge in [-0.2, -0.15) is 0 Å². The Kier molecular flexibility index (Phi) is 9.64. The molecule has 3 aromatic carbocycles. The van der Waals surface area contributed by atoms with Gasteiger partial charge in [0.15, 0.2) is 10.9 Å². The van der Waals surface area contributed by atoms with Gasteiger partial charge in [0.1, 0.15) is 17.1 Å². The van der Waals surface area contributed by atoms with E-state index in [2.05, 4.69) is 24.8 Å². The first-order valence-electron chi connectivity index (χ1n) is 12.5.